The number of unbranched alkanes of at least 4 members (excludes halogenated alkanes) is 27. The molecule has 0 bridgehead atoms. The van der Waals surface area contributed by atoms with Gasteiger partial charge in [-0.15, -0.1) is 0 Å². The van der Waals surface area contributed by atoms with Crippen molar-refractivity contribution in [2.24, 2.45) is 0 Å². The van der Waals surface area contributed by atoms with Gasteiger partial charge in [0.1, 0.15) is 165 Å². The Morgan fingerprint density at radius 2 is 0.754 bits per heavy atom. The molecule has 0 aromatic rings. The number of ether oxygens (including phenoxy) is 14. The van der Waals surface area contributed by atoms with Gasteiger partial charge in [0.05, 0.1) is 77.1 Å². The fourth-order valence-electron chi connectivity index (χ4n) is 17.9. The zero-order valence-corrected chi connectivity index (χ0v) is 77.7. The van der Waals surface area contributed by atoms with Crippen LogP contribution in [0.5, 0.6) is 0 Å². The number of hydrogen-bond acceptors (Lipinski definition) is 40. The summed E-state index contributed by atoms with van der Waals surface area (Å²) >= 11 is 0. The maximum Gasteiger partial charge on any atom is 0.364 e. The highest BCUT2D eigenvalue weighted by molar-refractivity contribution is 5.77. The molecule has 38 atom stereocenters. The Balaban J connectivity index is 0.988. The quantitative estimate of drug-likeness (QED) is 0.0202. The van der Waals surface area contributed by atoms with Crippen LogP contribution in [0.1, 0.15) is 234 Å². The van der Waals surface area contributed by atoms with Crippen molar-refractivity contribution in [2.75, 3.05) is 52.9 Å². The van der Waals surface area contributed by atoms with Crippen LogP contribution in [0.2, 0.25) is 0 Å². The molecule has 0 radical (unpaired) electrons. The second-order valence-corrected chi connectivity index (χ2v) is 36.4. The lowest BCUT2D eigenvalue weighted by Gasteiger charge is -2.51. The van der Waals surface area contributed by atoms with Gasteiger partial charge in [-0.1, -0.05) is 193 Å². The summed E-state index contributed by atoms with van der Waals surface area (Å²) in [6, 6.07) is -6.57. The Hall–Kier alpha value is -4.31. The van der Waals surface area contributed by atoms with Gasteiger partial charge in [0.25, 0.3) is 5.79 Å². The van der Waals surface area contributed by atoms with E-state index in [1.807, 2.05) is 6.08 Å². The van der Waals surface area contributed by atoms with Crippen LogP contribution < -0.4 is 21.3 Å². The summed E-state index contributed by atoms with van der Waals surface area (Å²) < 4.78 is 82.8. The molecule has 7 saturated heterocycles. The minimum absolute atomic E-state index is 0.154. The SMILES string of the molecule is CCCCCCCCCCCCC/C=C/[C@@H](O)[C@H](CO[C@@H]1OC(CO)[C@@H](O[C@@H]2OC(CO)[C@H](O)[C@H](O[C@@H]3OC(CO)[C@@H](O[C@@H]4OC(CO)[C@H](O)[C@H](O[C@@H]5OC(CO)[C@@H](O[C@@H]6OC(CO[C@]7(C(=O)O)CC(O)[C@@H](NC(C)=O)C([C@H](O)[C@H](O)CO)O7)[C@H](O)[C@H](O)C6O)[C@H](O)C5NC(C)=O)C4O)[C@H](O)C3NC(C)=O)C2O)[C@H](O)C1O)NC(=O)CCCCCCCCCCCCCCCCCCC. The summed E-state index contributed by atoms with van der Waals surface area (Å²) in [5.41, 5.74) is 0. The second-order valence-electron chi connectivity index (χ2n) is 36.4. The molecule has 0 saturated carbocycles. The van der Waals surface area contributed by atoms with Gasteiger partial charge in [0.15, 0.2) is 37.7 Å². The van der Waals surface area contributed by atoms with Crippen molar-refractivity contribution >= 4 is 29.6 Å². The first-order valence-corrected chi connectivity index (χ1v) is 48.1. The number of hydrogen-bond donors (Lipinski definition) is 26. The molecule has 45 nitrogen and oxygen atoms in total. The van der Waals surface area contributed by atoms with E-state index in [0.717, 1.165) is 72.1 Å². The molecular weight excluding hydrogens is 1780 g/mol. The van der Waals surface area contributed by atoms with Gasteiger partial charge in [-0.2, -0.15) is 0 Å². The summed E-state index contributed by atoms with van der Waals surface area (Å²) in [5, 5.41) is 257. The Bertz CT molecular complexity index is 3340. The largest absolute Gasteiger partial charge is 0.477 e. The fraction of sp³-hybridized carbons (Fsp3) is 0.921. The van der Waals surface area contributed by atoms with Crippen molar-refractivity contribution in [3.05, 3.63) is 12.2 Å². The minimum Gasteiger partial charge on any atom is -0.477 e. The molecule has 14 unspecified atom stereocenters. The van der Waals surface area contributed by atoms with Crippen molar-refractivity contribution in [1.29, 1.82) is 0 Å². The number of carboxylic acids is 1. The second kappa shape index (κ2) is 60.2. The van der Waals surface area contributed by atoms with Crippen molar-refractivity contribution in [2.45, 2.75) is 466 Å². The molecule has 780 valence electrons. The Labute approximate surface area is 781 Å². The predicted octanol–water partition coefficient (Wildman–Crippen LogP) is -4.47. The summed E-state index contributed by atoms with van der Waals surface area (Å²) in [4.78, 5) is 64.7. The maximum absolute atomic E-state index is 13.6. The molecule has 7 rings (SSSR count). The molecule has 45 heteroatoms. The zero-order chi connectivity index (χ0) is 98.5. The summed E-state index contributed by atoms with van der Waals surface area (Å²) in [7, 11) is 0. The average molecular weight is 1940 g/mol. The number of aliphatic carboxylic acids is 1. The molecule has 7 heterocycles. The van der Waals surface area contributed by atoms with Crippen LogP contribution in [-0.4, -0.2) is 427 Å². The van der Waals surface area contributed by atoms with E-state index in [2.05, 4.69) is 35.1 Å². The van der Waals surface area contributed by atoms with Gasteiger partial charge >= 0.3 is 5.97 Å². The van der Waals surface area contributed by atoms with Gasteiger partial charge in [0.2, 0.25) is 23.6 Å². The molecule has 0 aromatic carbocycles. The molecule has 0 aliphatic carbocycles. The van der Waals surface area contributed by atoms with Gasteiger partial charge in [0, 0.05) is 33.6 Å². The predicted molar refractivity (Wildman–Crippen MR) is 464 cm³/mol. The van der Waals surface area contributed by atoms with Crippen molar-refractivity contribution in [3.63, 3.8) is 0 Å². The molecule has 7 fully saturated rings. The highest BCUT2D eigenvalue weighted by atomic mass is 16.8. The van der Waals surface area contributed by atoms with Crippen LogP contribution in [-0.2, 0) is 90.3 Å². The summed E-state index contributed by atoms with van der Waals surface area (Å²) in [6.07, 6.45) is -31.4. The number of rotatable bonds is 61. The monoisotopic (exact) mass is 1940 g/mol. The topological polar surface area (TPSA) is 708 Å². The highest BCUT2D eigenvalue weighted by Crippen LogP contribution is 2.40. The summed E-state index contributed by atoms with van der Waals surface area (Å²) in [6.45, 7) is -0.851. The Morgan fingerprint density at radius 1 is 0.396 bits per heavy atom. The first-order valence-electron chi connectivity index (χ1n) is 48.1. The van der Waals surface area contributed by atoms with E-state index >= 15 is 0 Å². The fourth-order valence-corrected chi connectivity index (χ4v) is 17.9. The first-order chi connectivity index (χ1) is 64.1. The number of allylic oxidation sites excluding steroid dienone is 1. The molecular formula is C89H158N4O41. The van der Waals surface area contributed by atoms with E-state index < -0.39 is 315 Å². The lowest BCUT2D eigenvalue weighted by Crippen LogP contribution is -2.71. The third kappa shape index (κ3) is 34.2. The van der Waals surface area contributed by atoms with Gasteiger partial charge < -0.3 is 200 Å². The standard InChI is InChI=1S/C89H158N4O41/c1-6-8-10-12-14-16-18-20-21-22-23-25-27-29-31-33-35-37-60(106)93-50(51(103)36-34-32-30-28-26-24-19-17-15-13-11-9-7-2)45-121-84-73(116)71(114)78(58(44-99)127-84)131-87-75(118)81(67(110)55(41-96)124-87)133-83-63(92-49(5)102)69(112)77(57(43-98)126-83)130-86-74(117)80(66(109)54(40-95)123-86)132-82-62(91-48(4)101)68(111)76(56(42-97)125-82)129-85-72(115)70(113)65(108)59(128-85)46-122-89(88(119)120)38-52(104)61(90-47(3)100)79(134-89)64(107)53(105)39-94/h34,36,50-59,61-87,94-99,103-105,107-118H,6-33,35,37-46H2,1-5H3,(H,90,100)(H,91,101)(H,92,102)(H,93,106)(H,119,120)/b36-34+/t50-,51+,52?,53+,54?,55?,56?,57?,58?,59?,61+,62?,63?,64+,65-,66-,67-,68+,69+,70-,71+,72?,73?,74?,75?,76+,77+,78+,79?,80-,81-,82-,83-,84+,85-,86-,87-,89+/m0/s1. The van der Waals surface area contributed by atoms with Crippen molar-refractivity contribution in [3.8, 4) is 0 Å². The Morgan fingerprint density at radius 3 is 1.16 bits per heavy atom. The van der Waals surface area contributed by atoms with Crippen LogP contribution in [0, 0.1) is 0 Å². The minimum atomic E-state index is -3.03. The van der Waals surface area contributed by atoms with Crippen LogP contribution in [0.25, 0.3) is 0 Å². The number of carbonyl (C=O) groups is 5. The molecule has 134 heavy (non-hydrogen) atoms. The number of amides is 4. The Kier molecular flexibility index (Phi) is 52.4. The first kappa shape index (κ1) is 117. The van der Waals surface area contributed by atoms with Crippen LogP contribution >= 0.6 is 0 Å². The lowest BCUT2D eigenvalue weighted by molar-refractivity contribution is -0.387. The number of carboxylic acid groups (broad SMARTS) is 1. The van der Waals surface area contributed by atoms with Gasteiger partial charge in [-0.05, 0) is 19.3 Å². The van der Waals surface area contributed by atoms with E-state index in [1.165, 1.54) is 122 Å². The van der Waals surface area contributed by atoms with Crippen molar-refractivity contribution in [1.82, 2.24) is 21.3 Å². The van der Waals surface area contributed by atoms with Gasteiger partial charge in [-0.3, -0.25) is 19.2 Å². The number of aliphatic hydroxyl groups is 21. The lowest BCUT2D eigenvalue weighted by atomic mass is 9.88. The van der Waals surface area contributed by atoms with Crippen molar-refractivity contribution < 1.29 is 203 Å². The van der Waals surface area contributed by atoms with E-state index in [1.54, 1.807) is 6.08 Å². The average Bonchev–Trinajstić information content (AvgIpc) is 0.774. The molecule has 7 aliphatic heterocycles. The molecule has 0 spiro atoms. The van der Waals surface area contributed by atoms with E-state index in [4.69, 9.17) is 66.3 Å². The molecule has 7 aliphatic rings. The third-order valence-electron chi connectivity index (χ3n) is 25.7. The number of carbonyl (C=O) groups excluding carboxylic acids is 4. The zero-order valence-electron chi connectivity index (χ0n) is 77.7. The maximum atomic E-state index is 13.6. The number of aliphatic hydroxyl groups excluding tert-OH is 21. The van der Waals surface area contributed by atoms with E-state index in [0.29, 0.717) is 12.8 Å². The van der Waals surface area contributed by atoms with Gasteiger partial charge in [-0.25, -0.2) is 4.79 Å². The van der Waals surface area contributed by atoms with Crippen LogP contribution in [0.4, 0.5) is 0 Å². The van der Waals surface area contributed by atoms with E-state index in [9.17, 15) is 136 Å². The smallest absolute Gasteiger partial charge is 0.364 e. The van der Waals surface area contributed by atoms with Crippen LogP contribution in [0.3, 0.4) is 0 Å². The highest BCUT2D eigenvalue weighted by Gasteiger charge is 2.61. The third-order valence-corrected chi connectivity index (χ3v) is 25.7. The molecule has 4 amide bonds. The number of nitrogens with one attached hydrogen (secondary N) is 4. The molecule has 26 N–H and O–H groups in total. The van der Waals surface area contributed by atoms with E-state index in [-0.39, 0.29) is 12.3 Å². The van der Waals surface area contributed by atoms with Crippen LogP contribution in [0.15, 0.2) is 12.2 Å². The molecule has 0 aromatic heterocycles. The normalized spacial score (nSPS) is 36.9. The summed E-state index contributed by atoms with van der Waals surface area (Å²) in [5.74, 6) is -8.06.